The van der Waals surface area contributed by atoms with E-state index < -0.39 is 0 Å². The van der Waals surface area contributed by atoms with E-state index in [-0.39, 0.29) is 5.91 Å². The predicted molar refractivity (Wildman–Crippen MR) is 75.2 cm³/mol. The van der Waals surface area contributed by atoms with Crippen LogP contribution in [-0.4, -0.2) is 66.3 Å². The maximum absolute atomic E-state index is 12.7. The predicted octanol–water partition coefficient (Wildman–Crippen LogP) is 1.10. The van der Waals surface area contributed by atoms with Crippen molar-refractivity contribution in [2.24, 2.45) is 0 Å². The van der Waals surface area contributed by atoms with E-state index >= 15 is 0 Å². The zero-order valence-electron chi connectivity index (χ0n) is 12.2. The summed E-state index contributed by atoms with van der Waals surface area (Å²) in [7, 11) is 0. The highest BCUT2D eigenvalue weighted by molar-refractivity contribution is 5.95. The molecule has 0 spiro atoms. The summed E-state index contributed by atoms with van der Waals surface area (Å²) in [5.41, 5.74) is 1.55. The number of rotatable bonds is 3. The average Bonchev–Trinajstić information content (AvgIpc) is 3.06. The van der Waals surface area contributed by atoms with Crippen LogP contribution in [0.4, 0.5) is 0 Å². The van der Waals surface area contributed by atoms with Crippen LogP contribution < -0.4 is 0 Å². The Kier molecular flexibility index (Phi) is 3.43. The van der Waals surface area contributed by atoms with Gasteiger partial charge in [0.15, 0.2) is 0 Å². The molecular formula is C15H21N3O3. The molecular weight excluding hydrogens is 270 g/mol. The van der Waals surface area contributed by atoms with E-state index in [0.717, 1.165) is 64.3 Å². The maximum Gasteiger partial charge on any atom is 0.259 e. The van der Waals surface area contributed by atoms with Gasteiger partial charge in [-0.05, 0) is 19.3 Å². The standard InChI is InChI=1S/C15H21N3O3/c19-15(13-10-21-16-14(13)11-1-2-11)18-4-3-12(9-18)17-5-7-20-8-6-17/h10-12H,1-9H2. The van der Waals surface area contributed by atoms with E-state index in [2.05, 4.69) is 10.1 Å². The first-order chi connectivity index (χ1) is 10.3. The molecule has 1 unspecified atom stereocenters. The van der Waals surface area contributed by atoms with Gasteiger partial charge in [0.1, 0.15) is 11.8 Å². The summed E-state index contributed by atoms with van der Waals surface area (Å²) in [6.07, 6.45) is 4.83. The van der Waals surface area contributed by atoms with E-state index in [1.54, 1.807) is 0 Å². The van der Waals surface area contributed by atoms with Crippen LogP contribution in [0, 0.1) is 0 Å². The zero-order valence-corrected chi connectivity index (χ0v) is 12.2. The lowest BCUT2D eigenvalue weighted by molar-refractivity contribution is 0.0185. The molecule has 3 aliphatic rings. The van der Waals surface area contributed by atoms with Crippen molar-refractivity contribution in [2.45, 2.75) is 31.2 Å². The molecule has 1 amide bonds. The van der Waals surface area contributed by atoms with Crippen molar-refractivity contribution in [3.63, 3.8) is 0 Å². The molecule has 1 aromatic heterocycles. The second-order valence-electron chi connectivity index (χ2n) is 6.23. The molecule has 0 aromatic carbocycles. The van der Waals surface area contributed by atoms with Crippen molar-refractivity contribution in [3.8, 4) is 0 Å². The van der Waals surface area contributed by atoms with Crippen LogP contribution in [0.15, 0.2) is 10.8 Å². The first kappa shape index (κ1) is 13.3. The molecule has 0 N–H and O–H groups in total. The summed E-state index contributed by atoms with van der Waals surface area (Å²) in [4.78, 5) is 17.1. The summed E-state index contributed by atoms with van der Waals surface area (Å²) in [5, 5.41) is 4.03. The van der Waals surface area contributed by atoms with Gasteiger partial charge in [0.25, 0.3) is 5.91 Å². The minimum atomic E-state index is 0.0916. The highest BCUT2D eigenvalue weighted by Gasteiger charge is 2.36. The van der Waals surface area contributed by atoms with Gasteiger partial charge in [0, 0.05) is 38.1 Å². The van der Waals surface area contributed by atoms with E-state index in [1.807, 2.05) is 4.90 Å². The van der Waals surface area contributed by atoms with Gasteiger partial charge in [-0.15, -0.1) is 0 Å². The van der Waals surface area contributed by atoms with Crippen LogP contribution in [0.5, 0.6) is 0 Å². The van der Waals surface area contributed by atoms with Crippen molar-refractivity contribution in [2.75, 3.05) is 39.4 Å². The lowest BCUT2D eigenvalue weighted by Crippen LogP contribution is -2.45. The Morgan fingerprint density at radius 3 is 2.76 bits per heavy atom. The van der Waals surface area contributed by atoms with Crippen LogP contribution in [0.3, 0.4) is 0 Å². The lowest BCUT2D eigenvalue weighted by atomic mass is 10.1. The molecule has 0 radical (unpaired) electrons. The maximum atomic E-state index is 12.7. The smallest absolute Gasteiger partial charge is 0.259 e. The third kappa shape index (κ3) is 2.58. The Morgan fingerprint density at radius 1 is 1.19 bits per heavy atom. The van der Waals surface area contributed by atoms with Gasteiger partial charge < -0.3 is 14.2 Å². The van der Waals surface area contributed by atoms with E-state index in [9.17, 15) is 4.79 Å². The molecule has 1 aliphatic carbocycles. The fourth-order valence-electron chi connectivity index (χ4n) is 3.39. The summed E-state index contributed by atoms with van der Waals surface area (Å²) in [6, 6.07) is 0.474. The minimum absolute atomic E-state index is 0.0916. The summed E-state index contributed by atoms with van der Waals surface area (Å²) in [5.74, 6) is 0.536. The van der Waals surface area contributed by atoms with Crippen molar-refractivity contribution in [1.82, 2.24) is 15.0 Å². The number of aromatic nitrogens is 1. The number of morpholine rings is 1. The number of likely N-dealkylation sites (tertiary alicyclic amines) is 1. The van der Waals surface area contributed by atoms with Gasteiger partial charge in [-0.25, -0.2) is 0 Å². The molecule has 3 fully saturated rings. The van der Waals surface area contributed by atoms with Gasteiger partial charge in [-0.2, -0.15) is 0 Å². The Labute approximate surface area is 124 Å². The fraction of sp³-hybridized carbons (Fsp3) is 0.733. The monoisotopic (exact) mass is 291 g/mol. The molecule has 0 bridgehead atoms. The Bertz CT molecular complexity index is 520. The molecule has 6 nitrogen and oxygen atoms in total. The zero-order chi connectivity index (χ0) is 14.2. The van der Waals surface area contributed by atoms with Gasteiger partial charge in [-0.3, -0.25) is 9.69 Å². The molecule has 6 heteroatoms. The number of carbonyl (C=O) groups excluding carboxylic acids is 1. The Hall–Kier alpha value is -1.40. The highest BCUT2D eigenvalue weighted by atomic mass is 16.5. The van der Waals surface area contributed by atoms with Gasteiger partial charge in [-0.1, -0.05) is 5.16 Å². The molecule has 2 aliphatic heterocycles. The minimum Gasteiger partial charge on any atom is -0.379 e. The van der Waals surface area contributed by atoms with Crippen LogP contribution in [-0.2, 0) is 4.74 Å². The Balaban J connectivity index is 1.42. The second kappa shape index (κ2) is 5.42. The number of carbonyl (C=O) groups is 1. The Morgan fingerprint density at radius 2 is 2.00 bits per heavy atom. The van der Waals surface area contributed by atoms with Crippen LogP contribution >= 0.6 is 0 Å². The van der Waals surface area contributed by atoms with Gasteiger partial charge in [0.05, 0.1) is 18.9 Å². The fourth-order valence-corrected chi connectivity index (χ4v) is 3.39. The van der Waals surface area contributed by atoms with Crippen molar-refractivity contribution in [1.29, 1.82) is 0 Å². The van der Waals surface area contributed by atoms with Gasteiger partial charge >= 0.3 is 0 Å². The summed E-state index contributed by atoms with van der Waals surface area (Å²) >= 11 is 0. The molecule has 2 saturated heterocycles. The molecule has 1 aromatic rings. The number of amides is 1. The first-order valence-electron chi connectivity index (χ1n) is 7.88. The molecule has 3 heterocycles. The van der Waals surface area contributed by atoms with E-state index in [1.165, 1.54) is 6.26 Å². The van der Waals surface area contributed by atoms with Crippen LogP contribution in [0.2, 0.25) is 0 Å². The largest absolute Gasteiger partial charge is 0.379 e. The number of ether oxygens (including phenoxy) is 1. The SMILES string of the molecule is O=C(c1conc1C1CC1)N1CCC(N2CCOCC2)C1. The third-order valence-electron chi connectivity index (χ3n) is 4.80. The first-order valence-corrected chi connectivity index (χ1v) is 7.88. The third-order valence-corrected chi connectivity index (χ3v) is 4.80. The number of hydrogen-bond acceptors (Lipinski definition) is 5. The molecule has 4 rings (SSSR count). The van der Waals surface area contributed by atoms with E-state index in [4.69, 9.17) is 9.26 Å². The average molecular weight is 291 g/mol. The normalized spacial score (nSPS) is 27.2. The quantitative estimate of drug-likeness (QED) is 0.834. The summed E-state index contributed by atoms with van der Waals surface area (Å²) < 4.78 is 10.4. The molecule has 1 saturated carbocycles. The van der Waals surface area contributed by atoms with Crippen molar-refractivity contribution >= 4 is 5.91 Å². The van der Waals surface area contributed by atoms with E-state index in [0.29, 0.717) is 17.5 Å². The summed E-state index contributed by atoms with van der Waals surface area (Å²) in [6.45, 7) is 5.22. The molecule has 21 heavy (non-hydrogen) atoms. The second-order valence-corrected chi connectivity index (χ2v) is 6.23. The van der Waals surface area contributed by atoms with Gasteiger partial charge in [0.2, 0.25) is 0 Å². The lowest BCUT2D eigenvalue weighted by Gasteiger charge is -2.32. The molecule has 114 valence electrons. The molecule has 1 atom stereocenters. The number of nitrogens with zero attached hydrogens (tertiary/aromatic N) is 3. The van der Waals surface area contributed by atoms with Crippen LogP contribution in [0.1, 0.15) is 41.2 Å². The van der Waals surface area contributed by atoms with Crippen molar-refractivity contribution in [3.05, 3.63) is 17.5 Å². The van der Waals surface area contributed by atoms with Crippen LogP contribution in [0.25, 0.3) is 0 Å². The highest BCUT2D eigenvalue weighted by Crippen LogP contribution is 2.41. The number of hydrogen-bond donors (Lipinski definition) is 0. The van der Waals surface area contributed by atoms with Crippen molar-refractivity contribution < 1.29 is 14.1 Å². The topological polar surface area (TPSA) is 58.8 Å².